The fourth-order valence-electron chi connectivity index (χ4n) is 1.95. The van der Waals surface area contributed by atoms with Crippen LogP contribution in [0.3, 0.4) is 0 Å². The SMILES string of the molecule is O=C(O)c1cc(/N=N/c2cc(C(=O)O)cc(C(=O)O)c2)cc(C(=O)O)c1. The van der Waals surface area contributed by atoms with E-state index in [1.165, 1.54) is 0 Å². The van der Waals surface area contributed by atoms with Crippen molar-refractivity contribution in [3.05, 3.63) is 58.7 Å². The van der Waals surface area contributed by atoms with E-state index in [0.717, 1.165) is 36.4 Å². The van der Waals surface area contributed by atoms with Crippen molar-refractivity contribution in [2.24, 2.45) is 10.2 Å². The molecule has 26 heavy (non-hydrogen) atoms. The third-order valence-corrected chi connectivity index (χ3v) is 3.10. The van der Waals surface area contributed by atoms with E-state index in [2.05, 4.69) is 10.2 Å². The van der Waals surface area contributed by atoms with E-state index in [-0.39, 0.29) is 33.6 Å². The van der Waals surface area contributed by atoms with Gasteiger partial charge in [-0.3, -0.25) is 0 Å². The van der Waals surface area contributed by atoms with Gasteiger partial charge in [-0.25, -0.2) is 19.2 Å². The average Bonchev–Trinajstić information content (AvgIpc) is 2.59. The number of rotatable bonds is 6. The first-order valence-corrected chi connectivity index (χ1v) is 6.82. The summed E-state index contributed by atoms with van der Waals surface area (Å²) < 4.78 is 0. The van der Waals surface area contributed by atoms with Crippen molar-refractivity contribution in [2.45, 2.75) is 0 Å². The van der Waals surface area contributed by atoms with Gasteiger partial charge < -0.3 is 20.4 Å². The molecular formula is C16H10N2O8. The van der Waals surface area contributed by atoms with Gasteiger partial charge in [0.05, 0.1) is 33.6 Å². The summed E-state index contributed by atoms with van der Waals surface area (Å²) >= 11 is 0. The molecule has 0 spiro atoms. The van der Waals surface area contributed by atoms with Crippen LogP contribution in [0.15, 0.2) is 46.6 Å². The van der Waals surface area contributed by atoms with Gasteiger partial charge in [0.1, 0.15) is 0 Å². The van der Waals surface area contributed by atoms with Crippen LogP contribution in [0, 0.1) is 0 Å². The second kappa shape index (κ2) is 7.21. The van der Waals surface area contributed by atoms with Crippen LogP contribution in [-0.4, -0.2) is 44.3 Å². The van der Waals surface area contributed by atoms with Gasteiger partial charge >= 0.3 is 23.9 Å². The topological polar surface area (TPSA) is 174 Å². The maximum absolute atomic E-state index is 11.0. The van der Waals surface area contributed by atoms with Crippen LogP contribution in [-0.2, 0) is 0 Å². The third kappa shape index (κ3) is 4.26. The molecule has 0 heterocycles. The van der Waals surface area contributed by atoms with Crippen molar-refractivity contribution in [3.63, 3.8) is 0 Å². The normalized spacial score (nSPS) is 10.6. The maximum Gasteiger partial charge on any atom is 0.335 e. The molecule has 0 saturated heterocycles. The lowest BCUT2D eigenvalue weighted by molar-refractivity contribution is 0.0676. The van der Waals surface area contributed by atoms with E-state index in [1.807, 2.05) is 0 Å². The van der Waals surface area contributed by atoms with Crippen molar-refractivity contribution in [1.29, 1.82) is 0 Å². The molecule has 0 aliphatic rings. The van der Waals surface area contributed by atoms with Crippen LogP contribution in [0.2, 0.25) is 0 Å². The summed E-state index contributed by atoms with van der Waals surface area (Å²) in [6, 6.07) is 6.15. The molecule has 2 rings (SSSR count). The Labute approximate surface area is 144 Å². The number of carbonyl (C=O) groups is 4. The van der Waals surface area contributed by atoms with Gasteiger partial charge in [-0.05, 0) is 36.4 Å². The summed E-state index contributed by atoms with van der Waals surface area (Å²) in [6.45, 7) is 0. The number of carboxylic acids is 4. The monoisotopic (exact) mass is 358 g/mol. The predicted molar refractivity (Wildman–Crippen MR) is 84.9 cm³/mol. The fourth-order valence-corrected chi connectivity index (χ4v) is 1.95. The highest BCUT2D eigenvalue weighted by molar-refractivity contribution is 5.96. The molecule has 2 aromatic rings. The summed E-state index contributed by atoms with van der Waals surface area (Å²) in [5, 5.41) is 43.4. The van der Waals surface area contributed by atoms with E-state index >= 15 is 0 Å². The summed E-state index contributed by atoms with van der Waals surface area (Å²) in [5.74, 6) is -5.48. The van der Waals surface area contributed by atoms with Crippen LogP contribution >= 0.6 is 0 Å². The van der Waals surface area contributed by atoms with Crippen molar-refractivity contribution in [1.82, 2.24) is 0 Å². The van der Waals surface area contributed by atoms with Gasteiger partial charge in [-0.2, -0.15) is 10.2 Å². The molecule has 0 aromatic heterocycles. The molecule has 0 atom stereocenters. The average molecular weight is 358 g/mol. The molecule has 0 fully saturated rings. The number of carboxylic acid groups (broad SMARTS) is 4. The summed E-state index contributed by atoms with van der Waals surface area (Å²) in [4.78, 5) is 44.2. The van der Waals surface area contributed by atoms with E-state index < -0.39 is 23.9 Å². The van der Waals surface area contributed by atoms with Gasteiger partial charge in [-0.15, -0.1) is 0 Å². The Kier molecular flexibility index (Phi) is 5.07. The zero-order valence-corrected chi connectivity index (χ0v) is 12.8. The fraction of sp³-hybridized carbons (Fsp3) is 0. The van der Waals surface area contributed by atoms with E-state index in [0.29, 0.717) is 0 Å². The van der Waals surface area contributed by atoms with Crippen molar-refractivity contribution in [2.75, 3.05) is 0 Å². The molecule has 0 radical (unpaired) electrons. The Hall–Kier alpha value is -4.08. The molecule has 132 valence electrons. The first kappa shape index (κ1) is 18.3. The molecule has 10 heteroatoms. The third-order valence-electron chi connectivity index (χ3n) is 3.10. The second-order valence-electron chi connectivity index (χ2n) is 4.96. The molecule has 2 aromatic carbocycles. The molecule has 0 bridgehead atoms. The molecule has 10 nitrogen and oxygen atoms in total. The lowest BCUT2D eigenvalue weighted by Crippen LogP contribution is -2.02. The van der Waals surface area contributed by atoms with Crippen molar-refractivity contribution in [3.8, 4) is 0 Å². The van der Waals surface area contributed by atoms with Crippen LogP contribution in [0.4, 0.5) is 11.4 Å². The lowest BCUT2D eigenvalue weighted by atomic mass is 10.1. The van der Waals surface area contributed by atoms with Crippen LogP contribution in [0.5, 0.6) is 0 Å². The molecule has 4 N–H and O–H groups in total. The van der Waals surface area contributed by atoms with Gasteiger partial charge in [0.2, 0.25) is 0 Å². The standard InChI is InChI=1S/C16H10N2O8/c19-13(20)7-1-8(14(21)22)4-11(3-7)17-18-12-5-9(15(23)24)2-10(6-12)16(25)26/h1-6H,(H,19,20)(H,21,22)(H,23,24)(H,25,26)/b18-17+. The summed E-state index contributed by atoms with van der Waals surface area (Å²) in [5.41, 5.74) is -1.54. The minimum atomic E-state index is -1.37. The number of azo groups is 1. The van der Waals surface area contributed by atoms with Crippen molar-refractivity contribution < 1.29 is 39.6 Å². The maximum atomic E-state index is 11.0. The van der Waals surface area contributed by atoms with Crippen molar-refractivity contribution >= 4 is 35.3 Å². The molecule has 0 saturated carbocycles. The van der Waals surface area contributed by atoms with E-state index in [9.17, 15) is 19.2 Å². The quantitative estimate of drug-likeness (QED) is 0.570. The molecule has 0 unspecified atom stereocenters. The summed E-state index contributed by atoms with van der Waals surface area (Å²) in [7, 11) is 0. The zero-order valence-electron chi connectivity index (χ0n) is 12.8. The van der Waals surface area contributed by atoms with Crippen LogP contribution in [0.25, 0.3) is 0 Å². The smallest absolute Gasteiger partial charge is 0.335 e. The molecular weight excluding hydrogens is 348 g/mol. The highest BCUT2D eigenvalue weighted by Gasteiger charge is 2.13. The number of nitrogens with zero attached hydrogens (tertiary/aromatic N) is 2. The number of aromatic carboxylic acids is 4. The second-order valence-corrected chi connectivity index (χ2v) is 4.96. The molecule has 0 aliphatic carbocycles. The summed E-state index contributed by atoms with van der Waals surface area (Å²) in [6.07, 6.45) is 0. The highest BCUT2D eigenvalue weighted by atomic mass is 16.4. The van der Waals surface area contributed by atoms with Crippen LogP contribution < -0.4 is 0 Å². The molecule has 0 amide bonds. The van der Waals surface area contributed by atoms with E-state index in [1.54, 1.807) is 0 Å². The number of hydrogen-bond donors (Lipinski definition) is 4. The van der Waals surface area contributed by atoms with E-state index in [4.69, 9.17) is 20.4 Å². The van der Waals surface area contributed by atoms with Gasteiger partial charge in [0.25, 0.3) is 0 Å². The predicted octanol–water partition coefficient (Wildman–Crippen LogP) is 2.89. The first-order valence-electron chi connectivity index (χ1n) is 6.82. The Bertz CT molecular complexity index is 823. The molecule has 0 aliphatic heterocycles. The minimum absolute atomic E-state index is 0.111. The lowest BCUT2D eigenvalue weighted by Gasteiger charge is -2.02. The Morgan fingerprint density at radius 2 is 0.731 bits per heavy atom. The van der Waals surface area contributed by atoms with Gasteiger partial charge in [-0.1, -0.05) is 0 Å². The zero-order chi connectivity index (χ0) is 19.4. The highest BCUT2D eigenvalue weighted by Crippen LogP contribution is 2.24. The first-order chi connectivity index (χ1) is 12.2. The largest absolute Gasteiger partial charge is 0.478 e. The Morgan fingerprint density at radius 3 is 0.923 bits per heavy atom. The van der Waals surface area contributed by atoms with Gasteiger partial charge in [0.15, 0.2) is 0 Å². The van der Waals surface area contributed by atoms with Gasteiger partial charge in [0, 0.05) is 0 Å². The Balaban J connectivity index is 2.49. The minimum Gasteiger partial charge on any atom is -0.478 e. The number of hydrogen-bond acceptors (Lipinski definition) is 6. The van der Waals surface area contributed by atoms with Crippen LogP contribution in [0.1, 0.15) is 41.4 Å². The Morgan fingerprint density at radius 1 is 0.500 bits per heavy atom. The number of benzene rings is 2.